The lowest BCUT2D eigenvalue weighted by Gasteiger charge is -2.47. The van der Waals surface area contributed by atoms with Crippen LogP contribution in [-0.4, -0.2) is 17.1 Å². The van der Waals surface area contributed by atoms with Crippen LogP contribution in [0.4, 0.5) is 0 Å². The predicted molar refractivity (Wildman–Crippen MR) is 85.2 cm³/mol. The Kier molecular flexibility index (Phi) is 4.32. The number of thiophene rings is 1. The quantitative estimate of drug-likeness (QED) is 0.866. The van der Waals surface area contributed by atoms with Gasteiger partial charge in [-0.15, -0.1) is 11.3 Å². The molecule has 1 aromatic rings. The van der Waals surface area contributed by atoms with Gasteiger partial charge in [-0.1, -0.05) is 11.6 Å². The van der Waals surface area contributed by atoms with Crippen LogP contribution in [0, 0.1) is 0 Å². The molecule has 0 bridgehead atoms. The van der Waals surface area contributed by atoms with E-state index in [1.54, 1.807) is 11.3 Å². The minimum atomic E-state index is 0.186. The molecular formula is C15H25ClN2S. The molecule has 4 heteroatoms. The molecule has 0 radical (unpaired) electrons. The van der Waals surface area contributed by atoms with Crippen LogP contribution in [0.25, 0.3) is 0 Å². The lowest BCUT2D eigenvalue weighted by molar-refractivity contribution is 0.141. The molecule has 19 heavy (non-hydrogen) atoms. The second-order valence-electron chi connectivity index (χ2n) is 7.07. The van der Waals surface area contributed by atoms with E-state index in [0.29, 0.717) is 12.1 Å². The van der Waals surface area contributed by atoms with Gasteiger partial charge in [0.2, 0.25) is 0 Å². The molecule has 1 atom stereocenters. The maximum Gasteiger partial charge on any atom is 0.0931 e. The van der Waals surface area contributed by atoms with Crippen molar-refractivity contribution in [2.75, 3.05) is 0 Å². The molecule has 0 aromatic carbocycles. The molecule has 2 nitrogen and oxygen atoms in total. The number of rotatable bonds is 3. The van der Waals surface area contributed by atoms with Crippen molar-refractivity contribution in [2.24, 2.45) is 0 Å². The third-order valence-electron chi connectivity index (χ3n) is 3.76. The Labute approximate surface area is 125 Å². The largest absolute Gasteiger partial charge is 0.307 e. The highest BCUT2D eigenvalue weighted by atomic mass is 35.5. The van der Waals surface area contributed by atoms with Crippen molar-refractivity contribution >= 4 is 22.9 Å². The van der Waals surface area contributed by atoms with Crippen molar-refractivity contribution in [1.82, 2.24) is 10.6 Å². The summed E-state index contributed by atoms with van der Waals surface area (Å²) in [5.74, 6) is 0. The Balaban J connectivity index is 2.02. The molecule has 1 aliphatic rings. The summed E-state index contributed by atoms with van der Waals surface area (Å²) < 4.78 is 0.870. The summed E-state index contributed by atoms with van der Waals surface area (Å²) in [7, 11) is 0. The molecular weight excluding hydrogens is 276 g/mol. The van der Waals surface area contributed by atoms with Gasteiger partial charge in [0.15, 0.2) is 0 Å². The smallest absolute Gasteiger partial charge is 0.0931 e. The number of hydrogen-bond acceptors (Lipinski definition) is 3. The second-order valence-corrected chi connectivity index (χ2v) is 8.61. The van der Waals surface area contributed by atoms with Crippen LogP contribution >= 0.6 is 22.9 Å². The highest BCUT2D eigenvalue weighted by Gasteiger charge is 2.37. The first-order valence-corrected chi connectivity index (χ1v) is 8.22. The van der Waals surface area contributed by atoms with Gasteiger partial charge in [0.05, 0.1) is 4.34 Å². The van der Waals surface area contributed by atoms with Crippen LogP contribution in [0.1, 0.15) is 59.1 Å². The van der Waals surface area contributed by atoms with E-state index in [0.717, 1.165) is 17.2 Å². The van der Waals surface area contributed by atoms with Gasteiger partial charge in [-0.3, -0.25) is 0 Å². The van der Waals surface area contributed by atoms with Gasteiger partial charge in [0.25, 0.3) is 0 Å². The number of piperidine rings is 1. The fourth-order valence-corrected chi connectivity index (χ4v) is 4.42. The topological polar surface area (TPSA) is 24.1 Å². The molecule has 1 saturated heterocycles. The third-order valence-corrected chi connectivity index (χ3v) is 4.87. The first-order valence-electron chi connectivity index (χ1n) is 6.96. The van der Waals surface area contributed by atoms with Crippen LogP contribution < -0.4 is 10.6 Å². The summed E-state index contributed by atoms with van der Waals surface area (Å²) in [4.78, 5) is 0. The summed E-state index contributed by atoms with van der Waals surface area (Å²) in [5, 5.41) is 9.64. The van der Waals surface area contributed by atoms with Gasteiger partial charge in [-0.25, -0.2) is 0 Å². The highest BCUT2D eigenvalue weighted by molar-refractivity contribution is 7.14. The van der Waals surface area contributed by atoms with E-state index in [4.69, 9.17) is 11.6 Å². The summed E-state index contributed by atoms with van der Waals surface area (Å²) in [5.41, 5.74) is 1.67. The number of hydrogen-bond donors (Lipinski definition) is 2. The monoisotopic (exact) mass is 300 g/mol. The van der Waals surface area contributed by atoms with Gasteiger partial charge in [0.1, 0.15) is 0 Å². The number of halogens is 1. The fraction of sp³-hybridized carbons (Fsp3) is 0.733. The van der Waals surface area contributed by atoms with Gasteiger partial charge in [-0.2, -0.15) is 0 Å². The Hall–Kier alpha value is -0.0900. The molecule has 2 N–H and O–H groups in total. The van der Waals surface area contributed by atoms with Gasteiger partial charge < -0.3 is 10.6 Å². The van der Waals surface area contributed by atoms with E-state index in [-0.39, 0.29) is 11.1 Å². The van der Waals surface area contributed by atoms with Crippen molar-refractivity contribution in [3.63, 3.8) is 0 Å². The molecule has 0 amide bonds. The summed E-state index contributed by atoms with van der Waals surface area (Å²) in [6.45, 7) is 11.4. The normalized spacial score (nSPS) is 24.3. The summed E-state index contributed by atoms with van der Waals surface area (Å²) in [6.07, 6.45) is 2.30. The fourth-order valence-electron chi connectivity index (χ4n) is 3.44. The van der Waals surface area contributed by atoms with Crippen molar-refractivity contribution in [3.8, 4) is 0 Å². The molecule has 1 fully saturated rings. The first-order chi connectivity index (χ1) is 8.67. The van der Waals surface area contributed by atoms with Crippen LogP contribution in [0.3, 0.4) is 0 Å². The van der Waals surface area contributed by atoms with Gasteiger partial charge in [0, 0.05) is 23.2 Å². The Morgan fingerprint density at radius 1 is 1.32 bits per heavy atom. The minimum Gasteiger partial charge on any atom is -0.307 e. The molecule has 1 aliphatic heterocycles. The molecule has 0 spiro atoms. The molecule has 108 valence electrons. The molecule has 2 heterocycles. The first kappa shape index (κ1) is 15.3. The van der Waals surface area contributed by atoms with Crippen molar-refractivity contribution in [3.05, 3.63) is 21.3 Å². The SMILES string of the molecule is CC(NC1CC(C)(C)NC(C)(C)C1)c1csc(Cl)c1. The Bertz CT molecular complexity index is 423. The predicted octanol–water partition coefficient (Wildman–Crippen LogP) is 4.36. The van der Waals surface area contributed by atoms with E-state index in [9.17, 15) is 0 Å². The molecule has 1 aromatic heterocycles. The maximum absolute atomic E-state index is 6.02. The van der Waals surface area contributed by atoms with Crippen LogP contribution in [0.5, 0.6) is 0 Å². The Morgan fingerprint density at radius 2 is 1.89 bits per heavy atom. The van der Waals surface area contributed by atoms with Crippen LogP contribution in [0.2, 0.25) is 4.34 Å². The molecule has 1 unspecified atom stereocenters. The van der Waals surface area contributed by atoms with E-state index in [2.05, 4.69) is 56.7 Å². The van der Waals surface area contributed by atoms with E-state index in [1.165, 1.54) is 5.56 Å². The van der Waals surface area contributed by atoms with Crippen LogP contribution in [0.15, 0.2) is 11.4 Å². The number of nitrogens with one attached hydrogen (secondary N) is 2. The zero-order valence-electron chi connectivity index (χ0n) is 12.5. The molecule has 0 saturated carbocycles. The van der Waals surface area contributed by atoms with E-state index in [1.807, 2.05) is 0 Å². The lowest BCUT2D eigenvalue weighted by Crippen LogP contribution is -2.61. The van der Waals surface area contributed by atoms with E-state index < -0.39 is 0 Å². The standard InChI is InChI=1S/C15H25ClN2S/c1-10(11-6-13(16)19-9-11)17-12-7-14(2,3)18-15(4,5)8-12/h6,9-10,12,17-18H,7-8H2,1-5H3. The second kappa shape index (κ2) is 5.36. The van der Waals surface area contributed by atoms with Gasteiger partial charge >= 0.3 is 0 Å². The zero-order chi connectivity index (χ0) is 14.3. The summed E-state index contributed by atoms with van der Waals surface area (Å²) in [6, 6.07) is 2.97. The minimum absolute atomic E-state index is 0.186. The maximum atomic E-state index is 6.02. The van der Waals surface area contributed by atoms with Crippen molar-refractivity contribution < 1.29 is 0 Å². The van der Waals surface area contributed by atoms with Crippen molar-refractivity contribution in [1.29, 1.82) is 0 Å². The van der Waals surface area contributed by atoms with Gasteiger partial charge in [-0.05, 0) is 64.5 Å². The van der Waals surface area contributed by atoms with Crippen molar-refractivity contribution in [2.45, 2.75) is 70.6 Å². The highest BCUT2D eigenvalue weighted by Crippen LogP contribution is 2.31. The lowest BCUT2D eigenvalue weighted by atomic mass is 9.79. The third kappa shape index (κ3) is 4.19. The van der Waals surface area contributed by atoms with Crippen LogP contribution in [-0.2, 0) is 0 Å². The average molecular weight is 301 g/mol. The molecule has 0 aliphatic carbocycles. The molecule has 2 rings (SSSR count). The average Bonchev–Trinajstić information content (AvgIpc) is 2.59. The van der Waals surface area contributed by atoms with E-state index >= 15 is 0 Å². The summed E-state index contributed by atoms with van der Waals surface area (Å²) >= 11 is 7.63. The zero-order valence-corrected chi connectivity index (χ0v) is 14.1. The Morgan fingerprint density at radius 3 is 2.37 bits per heavy atom.